The van der Waals surface area contributed by atoms with Crippen molar-refractivity contribution in [1.82, 2.24) is 5.32 Å². The van der Waals surface area contributed by atoms with Crippen LogP contribution in [0.5, 0.6) is 5.75 Å². The lowest BCUT2D eigenvalue weighted by Gasteiger charge is -2.16. The predicted molar refractivity (Wildman–Crippen MR) is 84.8 cm³/mol. The van der Waals surface area contributed by atoms with Crippen LogP contribution >= 0.6 is 15.9 Å². The largest absolute Gasteiger partial charge is 0.483 e. The molecule has 1 rings (SSSR count). The number of carbonyl (C=O) groups is 1. The van der Waals surface area contributed by atoms with E-state index >= 15 is 0 Å². The molecule has 3 N–H and O–H groups in total. The van der Waals surface area contributed by atoms with Gasteiger partial charge in [0.1, 0.15) is 5.75 Å². The van der Waals surface area contributed by atoms with Crippen LogP contribution < -0.4 is 15.8 Å². The van der Waals surface area contributed by atoms with Gasteiger partial charge in [0, 0.05) is 22.1 Å². The fraction of sp³-hybridized carbons (Fsp3) is 0.533. The number of nitrogens with one attached hydrogen (secondary N) is 1. The van der Waals surface area contributed by atoms with E-state index in [0.717, 1.165) is 22.9 Å². The maximum Gasteiger partial charge on any atom is 0.258 e. The van der Waals surface area contributed by atoms with Gasteiger partial charge in [0.25, 0.3) is 5.91 Å². The zero-order valence-electron chi connectivity index (χ0n) is 12.3. The number of hydrogen-bond donors (Lipinski definition) is 2. The standard InChI is InChI=1S/C15H23BrN2O2/c1-4-5-10(2)18-15(19)9-20-14-7-6-12(16)8-13(14)11(3)17/h6-8,10-11H,4-5,9,17H2,1-3H3,(H,18,19)/t10?,11-/m1/s1. The summed E-state index contributed by atoms with van der Waals surface area (Å²) in [6.07, 6.45) is 2.01. The lowest BCUT2D eigenvalue weighted by Crippen LogP contribution is -2.36. The Kier molecular flexibility index (Phi) is 7.02. The zero-order valence-corrected chi connectivity index (χ0v) is 13.9. The molecule has 1 aromatic rings. The van der Waals surface area contributed by atoms with Gasteiger partial charge in [-0.15, -0.1) is 0 Å². The van der Waals surface area contributed by atoms with Gasteiger partial charge in [-0.05, 0) is 38.5 Å². The normalized spacial score (nSPS) is 13.7. The number of rotatable bonds is 7. The average molecular weight is 343 g/mol. The zero-order chi connectivity index (χ0) is 15.1. The van der Waals surface area contributed by atoms with Crippen molar-refractivity contribution in [2.45, 2.75) is 45.7 Å². The highest BCUT2D eigenvalue weighted by Gasteiger charge is 2.12. The van der Waals surface area contributed by atoms with E-state index in [2.05, 4.69) is 28.2 Å². The third kappa shape index (κ3) is 5.51. The second-order valence-corrected chi connectivity index (χ2v) is 5.93. The van der Waals surface area contributed by atoms with Gasteiger partial charge in [-0.3, -0.25) is 4.79 Å². The molecule has 0 aliphatic rings. The Morgan fingerprint density at radius 3 is 2.75 bits per heavy atom. The minimum atomic E-state index is -0.149. The third-order valence-electron chi connectivity index (χ3n) is 2.95. The summed E-state index contributed by atoms with van der Waals surface area (Å²) in [7, 11) is 0. The Bertz CT molecular complexity index is 449. The van der Waals surface area contributed by atoms with E-state index in [-0.39, 0.29) is 24.6 Å². The van der Waals surface area contributed by atoms with Gasteiger partial charge in [0.2, 0.25) is 0 Å². The smallest absolute Gasteiger partial charge is 0.258 e. The molecule has 112 valence electrons. The summed E-state index contributed by atoms with van der Waals surface area (Å²) in [6, 6.07) is 5.64. The molecule has 0 heterocycles. The van der Waals surface area contributed by atoms with E-state index in [9.17, 15) is 4.79 Å². The summed E-state index contributed by atoms with van der Waals surface area (Å²) in [6.45, 7) is 5.98. The van der Waals surface area contributed by atoms with Gasteiger partial charge >= 0.3 is 0 Å². The highest BCUT2D eigenvalue weighted by molar-refractivity contribution is 9.10. The molecular weight excluding hydrogens is 320 g/mol. The summed E-state index contributed by atoms with van der Waals surface area (Å²) in [5, 5.41) is 2.91. The molecule has 0 aliphatic carbocycles. The maximum absolute atomic E-state index is 11.8. The van der Waals surface area contributed by atoms with Crippen LogP contribution in [0.1, 0.15) is 45.2 Å². The molecule has 0 spiro atoms. The molecule has 0 aliphatic heterocycles. The summed E-state index contributed by atoms with van der Waals surface area (Å²) >= 11 is 3.40. The predicted octanol–water partition coefficient (Wildman–Crippen LogP) is 3.15. The van der Waals surface area contributed by atoms with Crippen molar-refractivity contribution in [2.75, 3.05) is 6.61 Å². The summed E-state index contributed by atoms with van der Waals surface area (Å²) in [5.41, 5.74) is 6.79. The van der Waals surface area contributed by atoms with Crippen LogP contribution in [0.3, 0.4) is 0 Å². The van der Waals surface area contributed by atoms with Crippen LogP contribution in [0.4, 0.5) is 0 Å². The monoisotopic (exact) mass is 342 g/mol. The van der Waals surface area contributed by atoms with Crippen LogP contribution in [-0.4, -0.2) is 18.6 Å². The van der Waals surface area contributed by atoms with E-state index in [1.165, 1.54) is 0 Å². The van der Waals surface area contributed by atoms with Crippen molar-refractivity contribution in [2.24, 2.45) is 5.73 Å². The first-order valence-electron chi connectivity index (χ1n) is 6.91. The topological polar surface area (TPSA) is 64.3 Å². The fourth-order valence-electron chi connectivity index (χ4n) is 1.97. The number of hydrogen-bond acceptors (Lipinski definition) is 3. The number of nitrogens with two attached hydrogens (primary N) is 1. The first kappa shape index (κ1) is 17.0. The van der Waals surface area contributed by atoms with Crippen LogP contribution in [-0.2, 0) is 4.79 Å². The summed E-state index contributed by atoms with van der Waals surface area (Å²) < 4.78 is 6.52. The van der Waals surface area contributed by atoms with E-state index < -0.39 is 0 Å². The Labute approximate surface area is 129 Å². The Morgan fingerprint density at radius 2 is 2.15 bits per heavy atom. The summed E-state index contributed by atoms with van der Waals surface area (Å²) in [5.74, 6) is 0.547. The highest BCUT2D eigenvalue weighted by atomic mass is 79.9. The first-order chi connectivity index (χ1) is 9.43. The van der Waals surface area contributed by atoms with Crippen LogP contribution in [0.15, 0.2) is 22.7 Å². The SMILES string of the molecule is CCCC(C)NC(=O)COc1ccc(Br)cc1[C@@H](C)N. The first-order valence-corrected chi connectivity index (χ1v) is 7.70. The number of ether oxygens (including phenoxy) is 1. The minimum absolute atomic E-state index is 0.00933. The molecule has 0 radical (unpaired) electrons. The molecule has 0 aromatic heterocycles. The van der Waals surface area contributed by atoms with Crippen molar-refractivity contribution in [3.8, 4) is 5.75 Å². The molecule has 2 atom stereocenters. The van der Waals surface area contributed by atoms with Gasteiger partial charge in [-0.2, -0.15) is 0 Å². The van der Waals surface area contributed by atoms with E-state index in [0.29, 0.717) is 5.75 Å². The molecule has 20 heavy (non-hydrogen) atoms. The molecule has 1 amide bonds. The molecule has 0 saturated carbocycles. The second-order valence-electron chi connectivity index (χ2n) is 5.02. The Balaban J connectivity index is 2.59. The lowest BCUT2D eigenvalue weighted by atomic mass is 10.1. The Morgan fingerprint density at radius 1 is 1.45 bits per heavy atom. The van der Waals surface area contributed by atoms with Gasteiger partial charge in [-0.25, -0.2) is 0 Å². The fourth-order valence-corrected chi connectivity index (χ4v) is 2.35. The number of benzene rings is 1. The van der Waals surface area contributed by atoms with E-state index in [1.807, 2.05) is 32.0 Å². The van der Waals surface area contributed by atoms with Crippen molar-refractivity contribution < 1.29 is 9.53 Å². The van der Waals surface area contributed by atoms with Gasteiger partial charge in [-0.1, -0.05) is 29.3 Å². The quantitative estimate of drug-likeness (QED) is 0.799. The highest BCUT2D eigenvalue weighted by Crippen LogP contribution is 2.27. The van der Waals surface area contributed by atoms with Crippen LogP contribution in [0.25, 0.3) is 0 Å². The molecule has 4 nitrogen and oxygen atoms in total. The molecule has 0 saturated heterocycles. The summed E-state index contributed by atoms with van der Waals surface area (Å²) in [4.78, 5) is 11.8. The molecule has 0 fully saturated rings. The van der Waals surface area contributed by atoms with E-state index in [4.69, 9.17) is 10.5 Å². The maximum atomic E-state index is 11.8. The minimum Gasteiger partial charge on any atom is -0.483 e. The van der Waals surface area contributed by atoms with Crippen LogP contribution in [0, 0.1) is 0 Å². The average Bonchev–Trinajstić information content (AvgIpc) is 2.37. The second kappa shape index (κ2) is 8.27. The van der Waals surface area contributed by atoms with Crippen molar-refractivity contribution in [1.29, 1.82) is 0 Å². The number of halogens is 1. The lowest BCUT2D eigenvalue weighted by molar-refractivity contribution is -0.123. The van der Waals surface area contributed by atoms with Gasteiger partial charge in [0.15, 0.2) is 6.61 Å². The molecular formula is C15H23BrN2O2. The van der Waals surface area contributed by atoms with Crippen molar-refractivity contribution in [3.63, 3.8) is 0 Å². The van der Waals surface area contributed by atoms with Gasteiger partial charge < -0.3 is 15.8 Å². The molecule has 5 heteroatoms. The van der Waals surface area contributed by atoms with Crippen molar-refractivity contribution >= 4 is 21.8 Å². The molecule has 1 unspecified atom stereocenters. The molecule has 1 aromatic carbocycles. The third-order valence-corrected chi connectivity index (χ3v) is 3.44. The number of amides is 1. The van der Waals surface area contributed by atoms with E-state index in [1.54, 1.807) is 0 Å². The van der Waals surface area contributed by atoms with Crippen molar-refractivity contribution in [3.05, 3.63) is 28.2 Å². The van der Waals surface area contributed by atoms with Gasteiger partial charge in [0.05, 0.1) is 0 Å². The Hall–Kier alpha value is -1.07. The number of carbonyl (C=O) groups excluding carboxylic acids is 1. The molecule has 0 bridgehead atoms. The van der Waals surface area contributed by atoms with Crippen LogP contribution in [0.2, 0.25) is 0 Å².